The first-order valence-electron chi connectivity index (χ1n) is 5.93. The summed E-state index contributed by atoms with van der Waals surface area (Å²) >= 11 is 0. The van der Waals surface area contributed by atoms with E-state index < -0.39 is 0 Å². The van der Waals surface area contributed by atoms with E-state index in [-0.39, 0.29) is 0 Å². The minimum Gasteiger partial charge on any atom is -0.313 e. The van der Waals surface area contributed by atoms with Gasteiger partial charge in [-0.05, 0) is 32.9 Å². The summed E-state index contributed by atoms with van der Waals surface area (Å²) in [4.78, 5) is 2.50. The second-order valence-electron chi connectivity index (χ2n) is 4.07. The molecule has 0 aliphatic carbocycles. The van der Waals surface area contributed by atoms with Crippen molar-refractivity contribution in [3.05, 3.63) is 12.2 Å². The molecule has 1 fully saturated rings. The van der Waals surface area contributed by atoms with Crippen LogP contribution in [0.5, 0.6) is 0 Å². The molecule has 1 N–H and O–H groups in total. The quantitative estimate of drug-likeness (QED) is 0.677. The summed E-state index contributed by atoms with van der Waals surface area (Å²) in [5.74, 6) is 0. The molecule has 0 amide bonds. The second kappa shape index (κ2) is 7.02. The van der Waals surface area contributed by atoms with Crippen LogP contribution in [-0.2, 0) is 0 Å². The molecule has 1 saturated heterocycles. The van der Waals surface area contributed by atoms with Crippen molar-refractivity contribution < 1.29 is 0 Å². The first-order valence-corrected chi connectivity index (χ1v) is 5.93. The van der Waals surface area contributed by atoms with E-state index >= 15 is 0 Å². The fourth-order valence-electron chi connectivity index (χ4n) is 1.98. The van der Waals surface area contributed by atoms with Crippen molar-refractivity contribution in [1.82, 2.24) is 10.2 Å². The number of likely N-dealkylation sites (N-methyl/N-ethyl adjacent to an activating group) is 1. The molecule has 0 saturated carbocycles. The smallest absolute Gasteiger partial charge is 0.0195 e. The van der Waals surface area contributed by atoms with Gasteiger partial charge in [0.1, 0.15) is 0 Å². The lowest BCUT2D eigenvalue weighted by molar-refractivity contribution is 0.252. The molecule has 2 heteroatoms. The Balaban J connectivity index is 2.23. The largest absolute Gasteiger partial charge is 0.313 e. The normalized spacial score (nSPS) is 23.5. The number of hydrogen-bond donors (Lipinski definition) is 1. The van der Waals surface area contributed by atoms with E-state index in [1.807, 2.05) is 0 Å². The highest BCUT2D eigenvalue weighted by Gasteiger charge is 2.14. The van der Waals surface area contributed by atoms with E-state index in [1.54, 1.807) is 0 Å². The molecule has 82 valence electrons. The molecular formula is C12H24N2. The van der Waals surface area contributed by atoms with E-state index in [0.29, 0.717) is 0 Å². The number of allylic oxidation sites excluding steroid dienone is 1. The Morgan fingerprint density at radius 3 is 2.86 bits per heavy atom. The van der Waals surface area contributed by atoms with Gasteiger partial charge in [-0.2, -0.15) is 0 Å². The molecule has 2 nitrogen and oxygen atoms in total. The van der Waals surface area contributed by atoms with Gasteiger partial charge in [0.25, 0.3) is 0 Å². The van der Waals surface area contributed by atoms with Crippen molar-refractivity contribution >= 4 is 0 Å². The maximum atomic E-state index is 3.59. The Morgan fingerprint density at radius 1 is 1.43 bits per heavy atom. The van der Waals surface area contributed by atoms with E-state index in [4.69, 9.17) is 0 Å². The minimum atomic E-state index is 0.731. The summed E-state index contributed by atoms with van der Waals surface area (Å²) in [5.41, 5.74) is 0. The van der Waals surface area contributed by atoms with Gasteiger partial charge in [-0.3, -0.25) is 4.90 Å². The zero-order valence-corrected chi connectivity index (χ0v) is 9.63. The predicted octanol–water partition coefficient (Wildman–Crippen LogP) is 2.03. The summed E-state index contributed by atoms with van der Waals surface area (Å²) in [5, 5.41) is 3.59. The van der Waals surface area contributed by atoms with E-state index in [1.165, 1.54) is 32.4 Å². The first kappa shape index (κ1) is 11.7. The van der Waals surface area contributed by atoms with Gasteiger partial charge in [0.05, 0.1) is 0 Å². The van der Waals surface area contributed by atoms with Gasteiger partial charge >= 0.3 is 0 Å². The minimum absolute atomic E-state index is 0.731. The highest BCUT2D eigenvalue weighted by atomic mass is 15.1. The van der Waals surface area contributed by atoms with Crippen LogP contribution in [0.25, 0.3) is 0 Å². The van der Waals surface area contributed by atoms with Crippen LogP contribution >= 0.6 is 0 Å². The predicted molar refractivity (Wildman–Crippen MR) is 62.6 cm³/mol. The molecule has 0 spiro atoms. The van der Waals surface area contributed by atoms with Crippen LogP contribution in [0.4, 0.5) is 0 Å². The summed E-state index contributed by atoms with van der Waals surface area (Å²) in [6.07, 6.45) is 8.49. The van der Waals surface area contributed by atoms with Crippen molar-refractivity contribution in [2.24, 2.45) is 0 Å². The molecule has 1 rings (SSSR count). The molecule has 1 unspecified atom stereocenters. The molecule has 0 aromatic heterocycles. The number of piperidine rings is 1. The van der Waals surface area contributed by atoms with Crippen molar-refractivity contribution in [3.8, 4) is 0 Å². The second-order valence-corrected chi connectivity index (χ2v) is 4.07. The van der Waals surface area contributed by atoms with Gasteiger partial charge in [-0.15, -0.1) is 0 Å². The topological polar surface area (TPSA) is 15.3 Å². The lowest BCUT2D eigenvalue weighted by atomic mass is 10.0. The van der Waals surface area contributed by atoms with Crippen molar-refractivity contribution in [2.75, 3.05) is 26.2 Å². The Labute approximate surface area is 88.4 Å². The van der Waals surface area contributed by atoms with Crippen molar-refractivity contribution in [3.63, 3.8) is 0 Å². The summed E-state index contributed by atoms with van der Waals surface area (Å²) in [7, 11) is 0. The number of hydrogen-bond acceptors (Lipinski definition) is 2. The molecule has 14 heavy (non-hydrogen) atoms. The maximum Gasteiger partial charge on any atom is 0.0195 e. The molecule has 1 aliphatic heterocycles. The third-order valence-electron chi connectivity index (χ3n) is 2.94. The monoisotopic (exact) mass is 196 g/mol. The maximum absolute atomic E-state index is 3.59. The van der Waals surface area contributed by atoms with E-state index in [2.05, 4.69) is 36.2 Å². The first-order chi connectivity index (χ1) is 6.86. The van der Waals surface area contributed by atoms with Gasteiger partial charge in [-0.1, -0.05) is 25.5 Å². The molecule has 0 radical (unpaired) electrons. The third kappa shape index (κ3) is 4.25. The molecule has 1 atom stereocenters. The van der Waals surface area contributed by atoms with Crippen molar-refractivity contribution in [1.29, 1.82) is 0 Å². The van der Waals surface area contributed by atoms with E-state index in [9.17, 15) is 0 Å². The zero-order chi connectivity index (χ0) is 10.2. The molecule has 0 bridgehead atoms. The Morgan fingerprint density at radius 2 is 2.29 bits per heavy atom. The molecule has 1 heterocycles. The Bertz CT molecular complexity index is 160. The van der Waals surface area contributed by atoms with Crippen LogP contribution in [0.2, 0.25) is 0 Å². The SMILES string of the molecule is C/C=C/CN(CC)CC1CCCCN1. The fourth-order valence-corrected chi connectivity index (χ4v) is 1.98. The highest BCUT2D eigenvalue weighted by molar-refractivity contribution is 4.83. The van der Waals surface area contributed by atoms with Crippen LogP contribution < -0.4 is 5.32 Å². The van der Waals surface area contributed by atoms with Crippen LogP contribution in [0, 0.1) is 0 Å². The van der Waals surface area contributed by atoms with E-state index in [0.717, 1.165) is 19.1 Å². The third-order valence-corrected chi connectivity index (χ3v) is 2.94. The molecule has 1 aliphatic rings. The van der Waals surface area contributed by atoms with Gasteiger partial charge in [0.15, 0.2) is 0 Å². The molecule has 0 aromatic carbocycles. The van der Waals surface area contributed by atoms with Gasteiger partial charge < -0.3 is 5.32 Å². The summed E-state index contributed by atoms with van der Waals surface area (Å²) in [6.45, 7) is 9.01. The van der Waals surface area contributed by atoms with Crippen LogP contribution in [0.1, 0.15) is 33.1 Å². The lowest BCUT2D eigenvalue weighted by Crippen LogP contribution is -2.43. The standard InChI is InChI=1S/C12H24N2/c1-3-5-10-14(4-2)11-12-8-6-7-9-13-12/h3,5,12-13H,4,6-11H2,1-2H3/b5-3+. The Kier molecular flexibility index (Phi) is 5.88. The molecular weight excluding hydrogens is 172 g/mol. The lowest BCUT2D eigenvalue weighted by Gasteiger charge is -2.29. The van der Waals surface area contributed by atoms with Crippen LogP contribution in [-0.4, -0.2) is 37.1 Å². The number of nitrogens with zero attached hydrogens (tertiary/aromatic N) is 1. The van der Waals surface area contributed by atoms with Gasteiger partial charge in [0, 0.05) is 19.1 Å². The summed E-state index contributed by atoms with van der Waals surface area (Å²) in [6, 6.07) is 0.731. The zero-order valence-electron chi connectivity index (χ0n) is 9.63. The van der Waals surface area contributed by atoms with Crippen LogP contribution in [0.3, 0.4) is 0 Å². The average Bonchev–Trinajstić information content (AvgIpc) is 2.25. The molecule has 0 aromatic rings. The Hall–Kier alpha value is -0.340. The van der Waals surface area contributed by atoms with Crippen molar-refractivity contribution in [2.45, 2.75) is 39.2 Å². The average molecular weight is 196 g/mol. The highest BCUT2D eigenvalue weighted by Crippen LogP contribution is 2.08. The van der Waals surface area contributed by atoms with Gasteiger partial charge in [0.2, 0.25) is 0 Å². The number of rotatable bonds is 5. The fraction of sp³-hybridized carbons (Fsp3) is 0.833. The number of nitrogens with one attached hydrogen (secondary N) is 1. The van der Waals surface area contributed by atoms with Gasteiger partial charge in [-0.25, -0.2) is 0 Å². The van der Waals surface area contributed by atoms with Crippen LogP contribution in [0.15, 0.2) is 12.2 Å². The summed E-state index contributed by atoms with van der Waals surface area (Å²) < 4.78 is 0.